The monoisotopic (exact) mass is 414 g/mol. The molecule has 0 aliphatic heterocycles. The SMILES string of the molecule is CCOC(=O)c1cncc(NS(=O)(=O)c2cc(Br)ccc2OC)c1. The Labute approximate surface area is 148 Å². The molecule has 0 spiro atoms. The van der Waals surface area contributed by atoms with Crippen molar-refractivity contribution in [3.8, 4) is 5.75 Å². The summed E-state index contributed by atoms with van der Waals surface area (Å²) in [6.45, 7) is 1.89. The molecule has 0 aliphatic carbocycles. The molecule has 0 fully saturated rings. The van der Waals surface area contributed by atoms with Gasteiger partial charge in [-0.25, -0.2) is 13.2 Å². The summed E-state index contributed by atoms with van der Waals surface area (Å²) < 4.78 is 38.1. The van der Waals surface area contributed by atoms with E-state index in [9.17, 15) is 13.2 Å². The van der Waals surface area contributed by atoms with Crippen LogP contribution in [-0.2, 0) is 14.8 Å². The van der Waals surface area contributed by atoms with Crippen LogP contribution in [0.1, 0.15) is 17.3 Å². The largest absolute Gasteiger partial charge is 0.495 e. The van der Waals surface area contributed by atoms with Crippen LogP contribution in [0, 0.1) is 0 Å². The van der Waals surface area contributed by atoms with E-state index in [0.29, 0.717) is 4.47 Å². The zero-order valence-electron chi connectivity index (χ0n) is 12.9. The first-order chi connectivity index (χ1) is 11.4. The van der Waals surface area contributed by atoms with Gasteiger partial charge in [0.25, 0.3) is 10.0 Å². The predicted octanol–water partition coefficient (Wildman–Crippen LogP) is 2.83. The fourth-order valence-electron chi connectivity index (χ4n) is 1.89. The van der Waals surface area contributed by atoms with Crippen molar-refractivity contribution in [3.05, 3.63) is 46.7 Å². The number of pyridine rings is 1. The van der Waals surface area contributed by atoms with Crippen molar-refractivity contribution < 1.29 is 22.7 Å². The van der Waals surface area contributed by atoms with Gasteiger partial charge in [-0.1, -0.05) is 15.9 Å². The highest BCUT2D eigenvalue weighted by atomic mass is 79.9. The van der Waals surface area contributed by atoms with Gasteiger partial charge in [0.15, 0.2) is 0 Å². The standard InChI is InChI=1S/C15H15BrN2O5S/c1-3-23-15(19)10-6-12(9-17-8-10)18-24(20,21)14-7-11(16)4-5-13(14)22-2/h4-9,18H,3H2,1-2H3. The lowest BCUT2D eigenvalue weighted by atomic mass is 10.3. The summed E-state index contributed by atoms with van der Waals surface area (Å²) in [5, 5.41) is 0. The molecule has 2 rings (SSSR count). The number of hydrogen-bond acceptors (Lipinski definition) is 6. The second kappa shape index (κ2) is 7.63. The van der Waals surface area contributed by atoms with Gasteiger partial charge in [0, 0.05) is 10.7 Å². The van der Waals surface area contributed by atoms with E-state index < -0.39 is 16.0 Å². The van der Waals surface area contributed by atoms with E-state index in [1.54, 1.807) is 13.0 Å². The lowest BCUT2D eigenvalue weighted by molar-refractivity contribution is 0.0526. The number of ether oxygens (including phenoxy) is 2. The van der Waals surface area contributed by atoms with Crippen LogP contribution in [0.4, 0.5) is 5.69 Å². The minimum absolute atomic E-state index is 0.0408. The number of sulfonamides is 1. The van der Waals surface area contributed by atoms with E-state index in [4.69, 9.17) is 9.47 Å². The summed E-state index contributed by atoms with van der Waals surface area (Å²) in [6, 6.07) is 5.98. The van der Waals surface area contributed by atoms with E-state index in [1.807, 2.05) is 0 Å². The number of methoxy groups -OCH3 is 1. The van der Waals surface area contributed by atoms with E-state index in [0.717, 1.165) is 0 Å². The molecule has 1 aromatic heterocycles. The number of nitrogens with zero attached hydrogens (tertiary/aromatic N) is 1. The molecule has 0 amide bonds. The van der Waals surface area contributed by atoms with Gasteiger partial charge in [-0.3, -0.25) is 9.71 Å². The normalized spacial score (nSPS) is 11.0. The van der Waals surface area contributed by atoms with Gasteiger partial charge in [-0.05, 0) is 31.2 Å². The molecule has 2 aromatic rings. The van der Waals surface area contributed by atoms with Gasteiger partial charge < -0.3 is 9.47 Å². The topological polar surface area (TPSA) is 94.6 Å². The molecule has 0 aliphatic rings. The third-order valence-electron chi connectivity index (χ3n) is 2.92. The Balaban J connectivity index is 2.35. The van der Waals surface area contributed by atoms with Gasteiger partial charge in [-0.2, -0.15) is 0 Å². The minimum atomic E-state index is -3.93. The molecule has 1 aromatic carbocycles. The van der Waals surface area contributed by atoms with Gasteiger partial charge in [0.05, 0.1) is 31.2 Å². The molecule has 1 heterocycles. The third kappa shape index (κ3) is 4.24. The van der Waals surface area contributed by atoms with Crippen LogP contribution in [0.25, 0.3) is 0 Å². The minimum Gasteiger partial charge on any atom is -0.495 e. The lowest BCUT2D eigenvalue weighted by Crippen LogP contribution is -2.15. The summed E-state index contributed by atoms with van der Waals surface area (Å²) in [5.41, 5.74) is 0.292. The zero-order chi connectivity index (χ0) is 17.7. The Morgan fingerprint density at radius 2 is 2.04 bits per heavy atom. The molecule has 24 heavy (non-hydrogen) atoms. The maximum absolute atomic E-state index is 12.6. The molecule has 0 unspecified atom stereocenters. The molecule has 0 saturated heterocycles. The second-order valence-corrected chi connectivity index (χ2v) is 7.15. The van der Waals surface area contributed by atoms with Crippen molar-refractivity contribution in [2.24, 2.45) is 0 Å². The molecule has 0 bridgehead atoms. The fourth-order valence-corrected chi connectivity index (χ4v) is 3.64. The first kappa shape index (κ1) is 18.2. The average molecular weight is 415 g/mol. The van der Waals surface area contributed by atoms with Crippen LogP contribution in [0.15, 0.2) is 46.0 Å². The molecule has 0 radical (unpaired) electrons. The molecule has 1 N–H and O–H groups in total. The van der Waals surface area contributed by atoms with E-state index >= 15 is 0 Å². The van der Waals surface area contributed by atoms with Gasteiger partial charge in [-0.15, -0.1) is 0 Å². The van der Waals surface area contributed by atoms with Crippen molar-refractivity contribution >= 4 is 37.6 Å². The maximum Gasteiger partial charge on any atom is 0.339 e. The summed E-state index contributed by atoms with van der Waals surface area (Å²) in [4.78, 5) is 15.5. The van der Waals surface area contributed by atoms with E-state index in [1.165, 1.54) is 37.7 Å². The molecule has 9 heteroatoms. The Kier molecular flexibility index (Phi) is 5.79. The number of benzene rings is 1. The van der Waals surface area contributed by atoms with E-state index in [-0.39, 0.29) is 28.5 Å². The summed E-state index contributed by atoms with van der Waals surface area (Å²) in [5.74, 6) is -0.383. The molecule has 7 nitrogen and oxygen atoms in total. The summed E-state index contributed by atoms with van der Waals surface area (Å²) in [6.07, 6.45) is 2.60. The van der Waals surface area contributed by atoms with E-state index in [2.05, 4.69) is 25.6 Å². The smallest absolute Gasteiger partial charge is 0.339 e. The van der Waals surface area contributed by atoms with Crippen molar-refractivity contribution in [2.45, 2.75) is 11.8 Å². The highest BCUT2D eigenvalue weighted by molar-refractivity contribution is 9.10. The number of rotatable bonds is 6. The Morgan fingerprint density at radius 3 is 2.71 bits per heavy atom. The molecule has 0 atom stereocenters. The Bertz CT molecular complexity index is 855. The van der Waals surface area contributed by atoms with Crippen LogP contribution in [-0.4, -0.2) is 33.1 Å². The first-order valence-corrected chi connectivity index (χ1v) is 9.13. The number of carbonyl (C=O) groups is 1. The van der Waals surface area contributed by atoms with Crippen molar-refractivity contribution in [1.29, 1.82) is 0 Å². The maximum atomic E-state index is 12.6. The van der Waals surface area contributed by atoms with Gasteiger partial charge in [0.1, 0.15) is 10.6 Å². The number of aromatic nitrogens is 1. The molecule has 0 saturated carbocycles. The first-order valence-electron chi connectivity index (χ1n) is 6.86. The average Bonchev–Trinajstić information content (AvgIpc) is 2.55. The molecular weight excluding hydrogens is 400 g/mol. The quantitative estimate of drug-likeness (QED) is 0.730. The number of carbonyl (C=O) groups excluding carboxylic acids is 1. The van der Waals surface area contributed by atoms with Crippen molar-refractivity contribution in [3.63, 3.8) is 0 Å². The highest BCUT2D eigenvalue weighted by Crippen LogP contribution is 2.28. The fraction of sp³-hybridized carbons (Fsp3) is 0.200. The van der Waals surface area contributed by atoms with Crippen LogP contribution in [0.2, 0.25) is 0 Å². The number of hydrogen-bond donors (Lipinski definition) is 1. The summed E-state index contributed by atoms with van der Waals surface area (Å²) in [7, 11) is -2.55. The Hall–Kier alpha value is -2.13. The van der Waals surface area contributed by atoms with Crippen LogP contribution >= 0.6 is 15.9 Å². The number of esters is 1. The second-order valence-electron chi connectivity index (χ2n) is 4.58. The highest BCUT2D eigenvalue weighted by Gasteiger charge is 2.21. The van der Waals surface area contributed by atoms with Crippen LogP contribution < -0.4 is 9.46 Å². The molecular formula is C15H15BrN2O5S. The van der Waals surface area contributed by atoms with Crippen molar-refractivity contribution in [1.82, 2.24) is 4.98 Å². The third-order valence-corrected chi connectivity index (χ3v) is 4.81. The van der Waals surface area contributed by atoms with Crippen LogP contribution in [0.5, 0.6) is 5.75 Å². The Morgan fingerprint density at radius 1 is 1.29 bits per heavy atom. The lowest BCUT2D eigenvalue weighted by Gasteiger charge is -2.12. The van der Waals surface area contributed by atoms with Gasteiger partial charge in [0.2, 0.25) is 0 Å². The van der Waals surface area contributed by atoms with Gasteiger partial charge >= 0.3 is 5.97 Å². The van der Waals surface area contributed by atoms with Crippen LogP contribution in [0.3, 0.4) is 0 Å². The van der Waals surface area contributed by atoms with Crippen molar-refractivity contribution in [2.75, 3.05) is 18.4 Å². The number of anilines is 1. The molecule has 128 valence electrons. The predicted molar refractivity (Wildman–Crippen MR) is 91.7 cm³/mol. The zero-order valence-corrected chi connectivity index (χ0v) is 15.3. The number of nitrogens with one attached hydrogen (secondary N) is 1. The number of halogens is 1. The summed E-state index contributed by atoms with van der Waals surface area (Å²) >= 11 is 3.23.